The van der Waals surface area contributed by atoms with E-state index in [9.17, 15) is 9.59 Å². The number of nitrogens with zero attached hydrogens (tertiary/aromatic N) is 3. The van der Waals surface area contributed by atoms with Crippen LogP contribution in [0.15, 0.2) is 72.1 Å². The summed E-state index contributed by atoms with van der Waals surface area (Å²) in [5.74, 6) is -0.0137. The molecule has 186 valence electrons. The maximum atomic E-state index is 13.7. The van der Waals surface area contributed by atoms with E-state index in [1.165, 1.54) is 11.1 Å². The average molecular weight is 502 g/mol. The summed E-state index contributed by atoms with van der Waals surface area (Å²) in [7, 11) is 0. The molecule has 0 radical (unpaired) electrons. The molecule has 4 aromatic rings. The molecule has 1 atom stereocenters. The van der Waals surface area contributed by atoms with E-state index in [0.29, 0.717) is 38.5 Å². The van der Waals surface area contributed by atoms with Crippen LogP contribution in [0, 0.1) is 6.92 Å². The van der Waals surface area contributed by atoms with Gasteiger partial charge in [-0.2, -0.15) is 0 Å². The molecule has 36 heavy (non-hydrogen) atoms. The van der Waals surface area contributed by atoms with E-state index in [2.05, 4.69) is 35.1 Å². The number of ether oxygens (including phenoxy) is 1. The summed E-state index contributed by atoms with van der Waals surface area (Å²) >= 11 is 1.66. The van der Waals surface area contributed by atoms with Gasteiger partial charge >= 0.3 is 0 Å². The number of carbonyl (C=O) groups excluding carboxylic acids is 2. The summed E-state index contributed by atoms with van der Waals surface area (Å²) in [5.41, 5.74) is 4.17. The van der Waals surface area contributed by atoms with Gasteiger partial charge in [0.05, 0.1) is 6.61 Å². The molecular weight excluding hydrogens is 470 g/mol. The van der Waals surface area contributed by atoms with Crippen LogP contribution in [0.3, 0.4) is 0 Å². The number of piperazine rings is 1. The molecule has 1 aliphatic rings. The van der Waals surface area contributed by atoms with Gasteiger partial charge in [0.15, 0.2) is 0 Å². The fourth-order valence-electron chi connectivity index (χ4n) is 4.85. The van der Waals surface area contributed by atoms with Gasteiger partial charge < -0.3 is 19.1 Å². The molecule has 0 saturated carbocycles. The van der Waals surface area contributed by atoms with Crippen molar-refractivity contribution in [3.63, 3.8) is 0 Å². The Labute approximate surface area is 215 Å². The number of rotatable bonds is 7. The van der Waals surface area contributed by atoms with Crippen molar-refractivity contribution < 1.29 is 14.3 Å². The predicted octanol–water partition coefficient (Wildman–Crippen LogP) is 4.95. The molecule has 1 aliphatic heterocycles. The van der Waals surface area contributed by atoms with Gasteiger partial charge in [0.1, 0.15) is 17.1 Å². The molecule has 7 heteroatoms. The van der Waals surface area contributed by atoms with Crippen molar-refractivity contribution in [2.75, 3.05) is 26.2 Å². The molecule has 0 spiro atoms. The van der Waals surface area contributed by atoms with Gasteiger partial charge in [0, 0.05) is 37.6 Å². The van der Waals surface area contributed by atoms with Crippen LogP contribution in [-0.2, 0) is 22.7 Å². The molecule has 0 aliphatic carbocycles. The Hall–Kier alpha value is -3.42. The van der Waals surface area contributed by atoms with Crippen LogP contribution in [0.1, 0.15) is 34.1 Å². The van der Waals surface area contributed by atoms with E-state index < -0.39 is 0 Å². The Kier molecular flexibility index (Phi) is 7.20. The summed E-state index contributed by atoms with van der Waals surface area (Å²) in [5, 5.41) is 3.16. The lowest BCUT2D eigenvalue weighted by atomic mass is 10.1. The van der Waals surface area contributed by atoms with Crippen molar-refractivity contribution >= 4 is 33.4 Å². The van der Waals surface area contributed by atoms with Crippen molar-refractivity contribution in [1.82, 2.24) is 14.4 Å². The van der Waals surface area contributed by atoms with Gasteiger partial charge in [-0.15, -0.1) is 11.3 Å². The van der Waals surface area contributed by atoms with E-state index in [1.807, 2.05) is 65.3 Å². The first-order valence-corrected chi connectivity index (χ1v) is 13.2. The lowest BCUT2D eigenvalue weighted by Crippen LogP contribution is -2.56. The number of aryl methyl sites for hydroxylation is 1. The number of thiophene rings is 1. The first-order valence-electron chi connectivity index (χ1n) is 12.3. The van der Waals surface area contributed by atoms with Gasteiger partial charge in [-0.1, -0.05) is 54.6 Å². The maximum Gasteiger partial charge on any atom is 0.270 e. The molecule has 5 rings (SSSR count). The Morgan fingerprint density at radius 1 is 1.03 bits per heavy atom. The molecule has 1 unspecified atom stereocenters. The van der Waals surface area contributed by atoms with E-state index in [1.54, 1.807) is 11.3 Å². The zero-order valence-electron chi connectivity index (χ0n) is 20.7. The first-order chi connectivity index (χ1) is 17.5. The average Bonchev–Trinajstić information content (AvgIpc) is 3.48. The number of fused-ring (bicyclic) bond motifs is 1. The van der Waals surface area contributed by atoms with E-state index in [-0.39, 0.29) is 24.5 Å². The fourth-order valence-corrected chi connectivity index (χ4v) is 5.75. The monoisotopic (exact) mass is 501 g/mol. The lowest BCUT2D eigenvalue weighted by molar-refractivity contribution is -0.140. The van der Waals surface area contributed by atoms with Gasteiger partial charge in [0.2, 0.25) is 5.91 Å². The number of aromatic nitrogens is 1. The lowest BCUT2D eigenvalue weighted by Gasteiger charge is -2.40. The zero-order chi connectivity index (χ0) is 25.1. The SMILES string of the molecule is Cc1ccccc1Cn1c(C(=O)N2CCN(C(=O)COCc3ccccc3)C(C)C2)cc2ccsc21. The topological polar surface area (TPSA) is 54.8 Å². The first kappa shape index (κ1) is 24.3. The minimum atomic E-state index is -0.0728. The van der Waals surface area contributed by atoms with Crippen LogP contribution in [-0.4, -0.2) is 58.5 Å². The smallest absolute Gasteiger partial charge is 0.270 e. The molecule has 0 bridgehead atoms. The second-order valence-corrected chi connectivity index (χ2v) is 10.3. The third kappa shape index (κ3) is 5.08. The van der Waals surface area contributed by atoms with Crippen LogP contribution in [0.5, 0.6) is 0 Å². The molecule has 2 aromatic heterocycles. The highest BCUT2D eigenvalue weighted by molar-refractivity contribution is 7.16. The van der Waals surface area contributed by atoms with Crippen molar-refractivity contribution in [1.29, 1.82) is 0 Å². The molecule has 6 nitrogen and oxygen atoms in total. The molecule has 0 N–H and O–H groups in total. The van der Waals surface area contributed by atoms with E-state index in [4.69, 9.17) is 4.74 Å². The fraction of sp³-hybridized carbons (Fsp3) is 0.310. The van der Waals surface area contributed by atoms with Crippen molar-refractivity contribution in [3.8, 4) is 0 Å². The second kappa shape index (κ2) is 10.7. The minimum absolute atomic E-state index is 0.0197. The molecule has 2 aromatic carbocycles. The summed E-state index contributed by atoms with van der Waals surface area (Å²) in [4.78, 5) is 31.3. The van der Waals surface area contributed by atoms with Crippen LogP contribution >= 0.6 is 11.3 Å². The quantitative estimate of drug-likeness (QED) is 0.360. The number of hydrogen-bond donors (Lipinski definition) is 0. The number of hydrogen-bond acceptors (Lipinski definition) is 4. The largest absolute Gasteiger partial charge is 0.367 e. The van der Waals surface area contributed by atoms with Crippen LogP contribution in [0.2, 0.25) is 0 Å². The van der Waals surface area contributed by atoms with Crippen LogP contribution < -0.4 is 0 Å². The van der Waals surface area contributed by atoms with Gasteiger partial charge in [-0.25, -0.2) is 0 Å². The standard InChI is InChI=1S/C29H31N3O3S/c1-21-8-6-7-11-25(21)18-32-26(16-24-12-15-36-29(24)32)28(34)30-13-14-31(22(2)17-30)27(33)20-35-19-23-9-4-3-5-10-23/h3-12,15-16,22H,13-14,17-20H2,1-2H3. The van der Waals surface area contributed by atoms with Crippen molar-refractivity contribution in [2.24, 2.45) is 0 Å². The number of amides is 2. The van der Waals surface area contributed by atoms with Crippen molar-refractivity contribution in [3.05, 3.63) is 94.5 Å². The predicted molar refractivity (Wildman–Crippen MR) is 143 cm³/mol. The van der Waals surface area contributed by atoms with E-state index >= 15 is 0 Å². The highest BCUT2D eigenvalue weighted by atomic mass is 32.1. The molecule has 1 saturated heterocycles. The Balaban J connectivity index is 1.25. The molecular formula is C29H31N3O3S. The maximum absolute atomic E-state index is 13.7. The summed E-state index contributed by atoms with van der Waals surface area (Å²) in [6, 6.07) is 22.1. The minimum Gasteiger partial charge on any atom is -0.367 e. The Morgan fingerprint density at radius 3 is 2.58 bits per heavy atom. The summed E-state index contributed by atoms with van der Waals surface area (Å²) in [6.45, 7) is 6.74. The van der Waals surface area contributed by atoms with Gasteiger partial charge in [-0.3, -0.25) is 9.59 Å². The van der Waals surface area contributed by atoms with Gasteiger partial charge in [-0.05, 0) is 48.1 Å². The van der Waals surface area contributed by atoms with Crippen LogP contribution in [0.4, 0.5) is 0 Å². The Morgan fingerprint density at radius 2 is 1.81 bits per heavy atom. The second-order valence-electron chi connectivity index (χ2n) is 9.39. The number of benzene rings is 2. The van der Waals surface area contributed by atoms with Crippen LogP contribution in [0.25, 0.3) is 10.2 Å². The third-order valence-corrected chi connectivity index (χ3v) is 7.83. The number of carbonyl (C=O) groups is 2. The van der Waals surface area contributed by atoms with Crippen molar-refractivity contribution in [2.45, 2.75) is 33.0 Å². The normalized spacial score (nSPS) is 16.0. The molecule has 2 amide bonds. The van der Waals surface area contributed by atoms with Gasteiger partial charge in [0.25, 0.3) is 5.91 Å². The Bertz CT molecular complexity index is 1360. The molecule has 1 fully saturated rings. The highest BCUT2D eigenvalue weighted by Crippen LogP contribution is 2.28. The molecule has 3 heterocycles. The van der Waals surface area contributed by atoms with E-state index in [0.717, 1.165) is 15.8 Å². The summed E-state index contributed by atoms with van der Waals surface area (Å²) < 4.78 is 7.80. The highest BCUT2D eigenvalue weighted by Gasteiger charge is 2.31. The third-order valence-electron chi connectivity index (χ3n) is 6.88. The summed E-state index contributed by atoms with van der Waals surface area (Å²) in [6.07, 6.45) is 0. The zero-order valence-corrected chi connectivity index (χ0v) is 21.5.